The molecule has 4 amide bonds. The summed E-state index contributed by atoms with van der Waals surface area (Å²) in [5.74, 6) is -1.51. The molecule has 35 heavy (non-hydrogen) atoms. The first-order valence-electron chi connectivity index (χ1n) is 11.2. The predicted molar refractivity (Wildman–Crippen MR) is 130 cm³/mol. The third-order valence-corrected chi connectivity index (χ3v) is 5.24. The zero-order valence-electron chi connectivity index (χ0n) is 20.1. The van der Waals surface area contributed by atoms with Crippen LogP contribution in [0.2, 0.25) is 0 Å². The largest absolute Gasteiger partial charge is 0.444 e. The van der Waals surface area contributed by atoms with Crippen LogP contribution in [0.25, 0.3) is 0 Å². The molecule has 1 fully saturated rings. The molecule has 0 spiro atoms. The van der Waals surface area contributed by atoms with Crippen LogP contribution in [0, 0.1) is 5.82 Å². The molecule has 0 bridgehead atoms. The van der Waals surface area contributed by atoms with E-state index in [9.17, 15) is 23.6 Å². The monoisotopic (exact) mass is 484 g/mol. The Balaban J connectivity index is 1.65. The van der Waals surface area contributed by atoms with Crippen LogP contribution >= 0.6 is 0 Å². The molecule has 1 aliphatic heterocycles. The van der Waals surface area contributed by atoms with Gasteiger partial charge in [-0.05, 0) is 76.6 Å². The van der Waals surface area contributed by atoms with E-state index in [0.717, 1.165) is 18.6 Å². The zero-order valence-corrected chi connectivity index (χ0v) is 20.1. The number of carbonyl (C=O) groups excluding carboxylic acids is 4. The van der Waals surface area contributed by atoms with E-state index < -0.39 is 29.5 Å². The average Bonchev–Trinajstić information content (AvgIpc) is 3.20. The highest BCUT2D eigenvalue weighted by Crippen LogP contribution is 2.25. The number of ether oxygens (including phenoxy) is 1. The van der Waals surface area contributed by atoms with E-state index in [0.29, 0.717) is 18.7 Å². The van der Waals surface area contributed by atoms with Crippen LogP contribution < -0.4 is 16.0 Å². The minimum Gasteiger partial charge on any atom is -0.444 e. The molecule has 0 aromatic heterocycles. The SMILES string of the molecule is CC(C(=O)Nc1ccc(C(=O)Nc2cc(F)ccc2NC(=O)OC(C)(C)C)cc1)N1CCCC1=O. The Labute approximate surface area is 203 Å². The maximum Gasteiger partial charge on any atom is 0.412 e. The van der Waals surface area contributed by atoms with Crippen LogP contribution in [-0.2, 0) is 14.3 Å². The molecule has 1 heterocycles. The Morgan fingerprint density at radius 3 is 2.29 bits per heavy atom. The highest BCUT2D eigenvalue weighted by atomic mass is 19.1. The molecule has 186 valence electrons. The molecule has 3 N–H and O–H groups in total. The third kappa shape index (κ3) is 7.02. The molecular weight excluding hydrogens is 455 g/mol. The van der Waals surface area contributed by atoms with Gasteiger partial charge in [-0.3, -0.25) is 19.7 Å². The molecule has 0 saturated carbocycles. The van der Waals surface area contributed by atoms with Gasteiger partial charge in [0.25, 0.3) is 5.91 Å². The van der Waals surface area contributed by atoms with Crippen molar-refractivity contribution in [1.29, 1.82) is 0 Å². The summed E-state index contributed by atoms with van der Waals surface area (Å²) in [6, 6.07) is 9.05. The highest BCUT2D eigenvalue weighted by Gasteiger charge is 2.29. The lowest BCUT2D eigenvalue weighted by Gasteiger charge is -2.23. The van der Waals surface area contributed by atoms with Gasteiger partial charge in [-0.1, -0.05) is 0 Å². The molecular formula is C25H29FN4O5. The normalized spacial score (nSPS) is 14.3. The number of rotatable bonds is 6. The molecule has 0 aliphatic carbocycles. The predicted octanol–water partition coefficient (Wildman–Crippen LogP) is 4.37. The van der Waals surface area contributed by atoms with Crippen LogP contribution in [0.4, 0.5) is 26.2 Å². The van der Waals surface area contributed by atoms with E-state index in [2.05, 4.69) is 16.0 Å². The number of hydrogen-bond acceptors (Lipinski definition) is 5. The second-order valence-electron chi connectivity index (χ2n) is 9.20. The van der Waals surface area contributed by atoms with Crippen molar-refractivity contribution in [2.45, 2.75) is 52.2 Å². The fourth-order valence-electron chi connectivity index (χ4n) is 3.51. The van der Waals surface area contributed by atoms with E-state index >= 15 is 0 Å². The van der Waals surface area contributed by atoms with Gasteiger partial charge in [-0.25, -0.2) is 9.18 Å². The molecule has 1 aliphatic rings. The van der Waals surface area contributed by atoms with E-state index in [1.165, 1.54) is 18.2 Å². The first kappa shape index (κ1) is 25.7. The number of benzene rings is 2. The van der Waals surface area contributed by atoms with Gasteiger partial charge in [-0.2, -0.15) is 0 Å². The lowest BCUT2D eigenvalue weighted by Crippen LogP contribution is -2.42. The van der Waals surface area contributed by atoms with Crippen molar-refractivity contribution >= 4 is 40.9 Å². The highest BCUT2D eigenvalue weighted by molar-refractivity contribution is 6.07. The van der Waals surface area contributed by atoms with Gasteiger partial charge in [0.15, 0.2) is 0 Å². The number of halogens is 1. The van der Waals surface area contributed by atoms with E-state index in [4.69, 9.17) is 4.74 Å². The second-order valence-corrected chi connectivity index (χ2v) is 9.20. The van der Waals surface area contributed by atoms with Crippen LogP contribution in [0.5, 0.6) is 0 Å². The number of carbonyl (C=O) groups is 4. The average molecular weight is 485 g/mol. The molecule has 2 aromatic carbocycles. The zero-order chi connectivity index (χ0) is 25.8. The first-order chi connectivity index (χ1) is 16.4. The van der Waals surface area contributed by atoms with Crippen molar-refractivity contribution in [2.75, 3.05) is 22.5 Å². The summed E-state index contributed by atoms with van der Waals surface area (Å²) in [6.45, 7) is 7.34. The number of anilines is 3. The molecule has 1 atom stereocenters. The van der Waals surface area contributed by atoms with Gasteiger partial charge in [0, 0.05) is 24.2 Å². The minimum atomic E-state index is -0.746. The van der Waals surface area contributed by atoms with E-state index in [1.54, 1.807) is 44.7 Å². The summed E-state index contributed by atoms with van der Waals surface area (Å²) in [7, 11) is 0. The maximum atomic E-state index is 13.8. The molecule has 1 saturated heterocycles. The van der Waals surface area contributed by atoms with Crippen LogP contribution in [0.1, 0.15) is 50.9 Å². The number of nitrogens with one attached hydrogen (secondary N) is 3. The van der Waals surface area contributed by atoms with E-state index in [1.807, 2.05) is 0 Å². The van der Waals surface area contributed by atoms with Crippen molar-refractivity contribution in [3.63, 3.8) is 0 Å². The molecule has 9 nitrogen and oxygen atoms in total. The van der Waals surface area contributed by atoms with Gasteiger partial charge in [0.2, 0.25) is 11.8 Å². The fourth-order valence-corrected chi connectivity index (χ4v) is 3.51. The quantitative estimate of drug-likeness (QED) is 0.563. The summed E-state index contributed by atoms with van der Waals surface area (Å²) in [4.78, 5) is 50.7. The number of hydrogen-bond donors (Lipinski definition) is 3. The Morgan fingerprint density at radius 1 is 1.00 bits per heavy atom. The minimum absolute atomic E-state index is 0.0439. The van der Waals surface area contributed by atoms with E-state index in [-0.39, 0.29) is 28.8 Å². The molecule has 3 rings (SSSR count). The van der Waals surface area contributed by atoms with Gasteiger partial charge in [0.1, 0.15) is 17.5 Å². The number of nitrogens with zero attached hydrogens (tertiary/aromatic N) is 1. The summed E-state index contributed by atoms with van der Waals surface area (Å²) < 4.78 is 19.0. The van der Waals surface area contributed by atoms with Crippen LogP contribution in [0.3, 0.4) is 0 Å². The van der Waals surface area contributed by atoms with Gasteiger partial charge >= 0.3 is 6.09 Å². The molecule has 10 heteroatoms. The van der Waals surface area contributed by atoms with Crippen LogP contribution in [0.15, 0.2) is 42.5 Å². The van der Waals surface area contributed by atoms with Gasteiger partial charge < -0.3 is 20.3 Å². The summed E-state index contributed by atoms with van der Waals surface area (Å²) in [5.41, 5.74) is 0.207. The summed E-state index contributed by atoms with van der Waals surface area (Å²) in [5, 5.41) is 7.81. The van der Waals surface area contributed by atoms with Gasteiger partial charge in [-0.15, -0.1) is 0 Å². The number of amides is 4. The Morgan fingerprint density at radius 2 is 1.69 bits per heavy atom. The topological polar surface area (TPSA) is 117 Å². The lowest BCUT2D eigenvalue weighted by molar-refractivity contribution is -0.134. The number of likely N-dealkylation sites (tertiary alicyclic amines) is 1. The Kier molecular flexibility index (Phi) is 7.73. The smallest absolute Gasteiger partial charge is 0.412 e. The third-order valence-electron chi connectivity index (χ3n) is 5.24. The van der Waals surface area contributed by atoms with Crippen molar-refractivity contribution in [1.82, 2.24) is 4.90 Å². The maximum absolute atomic E-state index is 13.8. The second kappa shape index (κ2) is 10.5. The van der Waals surface area contributed by atoms with Gasteiger partial charge in [0.05, 0.1) is 11.4 Å². The fraction of sp³-hybridized carbons (Fsp3) is 0.360. The van der Waals surface area contributed by atoms with Crippen molar-refractivity contribution in [3.05, 3.63) is 53.8 Å². The summed E-state index contributed by atoms with van der Waals surface area (Å²) >= 11 is 0. The standard InChI is InChI=1S/C25H29FN4O5/c1-15(30-13-5-6-21(30)31)22(32)27-18-10-7-16(8-11-18)23(33)28-20-14-17(26)9-12-19(20)29-24(34)35-25(2,3)4/h7-12,14-15H,5-6,13H2,1-4H3,(H,27,32)(H,28,33)(H,29,34). The Bertz CT molecular complexity index is 1130. The molecule has 2 aromatic rings. The van der Waals surface area contributed by atoms with Crippen molar-refractivity contribution < 1.29 is 28.3 Å². The van der Waals surface area contributed by atoms with Crippen molar-refractivity contribution in [3.8, 4) is 0 Å². The Hall–Kier alpha value is -3.95. The lowest BCUT2D eigenvalue weighted by atomic mass is 10.1. The summed E-state index contributed by atoms with van der Waals surface area (Å²) in [6.07, 6.45) is 0.437. The van der Waals surface area contributed by atoms with Crippen LogP contribution in [-0.4, -0.2) is 46.9 Å². The molecule has 0 radical (unpaired) electrons. The van der Waals surface area contributed by atoms with Crippen molar-refractivity contribution in [2.24, 2.45) is 0 Å². The first-order valence-corrected chi connectivity index (χ1v) is 11.2. The molecule has 1 unspecified atom stereocenters.